The lowest BCUT2D eigenvalue weighted by Crippen LogP contribution is -2.56. The Kier molecular flexibility index (Phi) is 8.48. The summed E-state index contributed by atoms with van der Waals surface area (Å²) in [6.45, 7) is 10.2. The summed E-state index contributed by atoms with van der Waals surface area (Å²) < 4.78 is 5.55. The summed E-state index contributed by atoms with van der Waals surface area (Å²) in [6.07, 6.45) is 6.37. The van der Waals surface area contributed by atoms with Gasteiger partial charge in [0.2, 0.25) is 5.91 Å². The maximum absolute atomic E-state index is 11.0. The van der Waals surface area contributed by atoms with Crippen molar-refractivity contribution in [3.63, 3.8) is 0 Å². The number of nitrogens with zero attached hydrogens (tertiary/aromatic N) is 2. The van der Waals surface area contributed by atoms with Crippen molar-refractivity contribution >= 4 is 11.9 Å². The third-order valence-corrected chi connectivity index (χ3v) is 5.13. The minimum Gasteiger partial charge on any atom is -0.379 e. The molecule has 0 atom stereocenters. The van der Waals surface area contributed by atoms with Gasteiger partial charge in [-0.3, -0.25) is 14.7 Å². The molecule has 1 heterocycles. The highest BCUT2D eigenvalue weighted by molar-refractivity contribution is 5.80. The van der Waals surface area contributed by atoms with Crippen LogP contribution in [0, 0.1) is 0 Å². The Labute approximate surface area is 152 Å². The van der Waals surface area contributed by atoms with Gasteiger partial charge in [-0.1, -0.05) is 19.3 Å². The van der Waals surface area contributed by atoms with Gasteiger partial charge in [0.25, 0.3) is 0 Å². The predicted octanol–water partition coefficient (Wildman–Crippen LogP) is 0.713. The average molecular weight is 354 g/mol. The van der Waals surface area contributed by atoms with Gasteiger partial charge >= 0.3 is 0 Å². The van der Waals surface area contributed by atoms with E-state index in [1.54, 1.807) is 0 Å². The topological polar surface area (TPSA) is 78.0 Å². The van der Waals surface area contributed by atoms with E-state index in [0.29, 0.717) is 13.1 Å². The zero-order valence-corrected chi connectivity index (χ0v) is 15.9. The van der Waals surface area contributed by atoms with Crippen molar-refractivity contribution in [2.45, 2.75) is 51.5 Å². The minimum absolute atomic E-state index is 0.00258. The first kappa shape index (κ1) is 20.0. The Balaban J connectivity index is 1.96. The number of hydrogen-bond acceptors (Lipinski definition) is 4. The highest BCUT2D eigenvalue weighted by Gasteiger charge is 2.38. The fourth-order valence-corrected chi connectivity index (χ4v) is 3.81. The lowest BCUT2D eigenvalue weighted by atomic mass is 9.80. The SMILES string of the molecule is CCNC(=NCC1(N2CCOCC2)CCCCC1)NCCNC(C)=O. The molecule has 144 valence electrons. The molecule has 0 aromatic heterocycles. The van der Waals surface area contributed by atoms with Crippen molar-refractivity contribution in [3.8, 4) is 0 Å². The molecule has 1 saturated carbocycles. The van der Waals surface area contributed by atoms with Crippen LogP contribution >= 0.6 is 0 Å². The number of guanidine groups is 1. The van der Waals surface area contributed by atoms with Crippen LogP contribution in [0.15, 0.2) is 4.99 Å². The van der Waals surface area contributed by atoms with Crippen molar-refractivity contribution in [2.24, 2.45) is 4.99 Å². The van der Waals surface area contributed by atoms with Gasteiger partial charge in [-0.15, -0.1) is 0 Å². The second-order valence-corrected chi connectivity index (χ2v) is 6.99. The first-order valence-corrected chi connectivity index (χ1v) is 9.76. The van der Waals surface area contributed by atoms with E-state index >= 15 is 0 Å². The van der Waals surface area contributed by atoms with Gasteiger partial charge in [-0.25, -0.2) is 0 Å². The van der Waals surface area contributed by atoms with Crippen LogP contribution in [-0.2, 0) is 9.53 Å². The molecule has 2 rings (SSSR count). The largest absolute Gasteiger partial charge is 0.379 e. The second kappa shape index (κ2) is 10.6. The van der Waals surface area contributed by atoms with Crippen LogP contribution in [0.4, 0.5) is 0 Å². The molecule has 7 heteroatoms. The maximum atomic E-state index is 11.0. The highest BCUT2D eigenvalue weighted by Crippen LogP contribution is 2.34. The maximum Gasteiger partial charge on any atom is 0.216 e. The third-order valence-electron chi connectivity index (χ3n) is 5.13. The second-order valence-electron chi connectivity index (χ2n) is 6.99. The molecule has 0 radical (unpaired) electrons. The van der Waals surface area contributed by atoms with Crippen LogP contribution in [-0.4, -0.2) is 74.8 Å². The molecular weight excluding hydrogens is 318 g/mol. The zero-order valence-electron chi connectivity index (χ0n) is 15.9. The van der Waals surface area contributed by atoms with Crippen LogP contribution in [0.25, 0.3) is 0 Å². The van der Waals surface area contributed by atoms with Crippen molar-refractivity contribution in [1.29, 1.82) is 0 Å². The summed E-state index contributed by atoms with van der Waals surface area (Å²) in [5, 5.41) is 9.43. The van der Waals surface area contributed by atoms with Crippen LogP contribution < -0.4 is 16.0 Å². The van der Waals surface area contributed by atoms with Crippen molar-refractivity contribution in [3.05, 3.63) is 0 Å². The first-order valence-electron chi connectivity index (χ1n) is 9.76. The molecule has 2 fully saturated rings. The molecule has 0 spiro atoms. The van der Waals surface area contributed by atoms with E-state index in [4.69, 9.17) is 9.73 Å². The van der Waals surface area contributed by atoms with Gasteiger partial charge in [0, 0.05) is 45.2 Å². The van der Waals surface area contributed by atoms with Gasteiger partial charge in [0.1, 0.15) is 0 Å². The zero-order chi connectivity index (χ0) is 18.0. The summed E-state index contributed by atoms with van der Waals surface area (Å²) in [5.41, 5.74) is 0.183. The van der Waals surface area contributed by atoms with Crippen molar-refractivity contribution in [2.75, 3.05) is 52.5 Å². The average Bonchev–Trinajstić information content (AvgIpc) is 2.64. The summed E-state index contributed by atoms with van der Waals surface area (Å²) in [6, 6.07) is 0. The number of rotatable bonds is 7. The number of ether oxygens (including phenoxy) is 1. The number of nitrogens with one attached hydrogen (secondary N) is 3. The molecule has 1 amide bonds. The molecule has 0 bridgehead atoms. The number of hydrogen-bond donors (Lipinski definition) is 3. The van der Waals surface area contributed by atoms with Gasteiger partial charge in [-0.05, 0) is 19.8 Å². The normalized spacial score (nSPS) is 21.6. The third kappa shape index (κ3) is 6.47. The Hall–Kier alpha value is -1.34. The van der Waals surface area contributed by atoms with Crippen molar-refractivity contribution < 1.29 is 9.53 Å². The number of aliphatic imine (C=N–C) groups is 1. The fourth-order valence-electron chi connectivity index (χ4n) is 3.81. The Bertz CT molecular complexity index is 429. The molecule has 0 unspecified atom stereocenters. The van der Waals surface area contributed by atoms with Gasteiger partial charge < -0.3 is 20.7 Å². The van der Waals surface area contributed by atoms with Crippen LogP contribution in [0.1, 0.15) is 46.0 Å². The molecule has 2 aliphatic rings. The van der Waals surface area contributed by atoms with E-state index in [1.807, 2.05) is 0 Å². The van der Waals surface area contributed by atoms with E-state index in [0.717, 1.165) is 45.4 Å². The monoisotopic (exact) mass is 353 g/mol. The number of morpholine rings is 1. The van der Waals surface area contributed by atoms with Crippen LogP contribution in [0.2, 0.25) is 0 Å². The fraction of sp³-hybridized carbons (Fsp3) is 0.889. The van der Waals surface area contributed by atoms with Crippen LogP contribution in [0.3, 0.4) is 0 Å². The van der Waals surface area contributed by atoms with E-state index < -0.39 is 0 Å². The number of amides is 1. The number of carbonyl (C=O) groups is 1. The summed E-state index contributed by atoms with van der Waals surface area (Å²) in [5.74, 6) is 0.836. The van der Waals surface area contributed by atoms with Gasteiger partial charge in [-0.2, -0.15) is 0 Å². The standard InChI is InChI=1S/C18H35N5O2/c1-3-19-17(21-10-9-20-16(2)24)22-15-18(7-5-4-6-8-18)23-11-13-25-14-12-23/h3-15H2,1-2H3,(H,20,24)(H2,19,21,22). The molecule has 0 aromatic rings. The van der Waals surface area contributed by atoms with Crippen molar-refractivity contribution in [1.82, 2.24) is 20.9 Å². The molecule has 1 aliphatic carbocycles. The van der Waals surface area contributed by atoms with E-state index in [9.17, 15) is 4.79 Å². The Morgan fingerprint density at radius 1 is 1.08 bits per heavy atom. The van der Waals surface area contributed by atoms with Gasteiger partial charge in [0.15, 0.2) is 5.96 Å². The smallest absolute Gasteiger partial charge is 0.216 e. The predicted molar refractivity (Wildman–Crippen MR) is 101 cm³/mol. The summed E-state index contributed by atoms with van der Waals surface area (Å²) >= 11 is 0. The van der Waals surface area contributed by atoms with E-state index in [2.05, 4.69) is 27.8 Å². The molecule has 25 heavy (non-hydrogen) atoms. The molecule has 1 saturated heterocycles. The highest BCUT2D eigenvalue weighted by atomic mass is 16.5. The molecule has 0 aromatic carbocycles. The molecule has 3 N–H and O–H groups in total. The molecular formula is C18H35N5O2. The lowest BCUT2D eigenvalue weighted by molar-refractivity contribution is -0.118. The minimum atomic E-state index is -0.00258. The van der Waals surface area contributed by atoms with E-state index in [-0.39, 0.29) is 11.4 Å². The van der Waals surface area contributed by atoms with Gasteiger partial charge in [0.05, 0.1) is 19.8 Å². The first-order chi connectivity index (χ1) is 12.2. The van der Waals surface area contributed by atoms with Crippen LogP contribution in [0.5, 0.6) is 0 Å². The Morgan fingerprint density at radius 3 is 2.40 bits per heavy atom. The number of carbonyl (C=O) groups excluding carboxylic acids is 1. The van der Waals surface area contributed by atoms with E-state index in [1.165, 1.54) is 39.0 Å². The summed E-state index contributed by atoms with van der Waals surface area (Å²) in [7, 11) is 0. The Morgan fingerprint density at radius 2 is 1.76 bits per heavy atom. The summed E-state index contributed by atoms with van der Waals surface area (Å²) in [4.78, 5) is 18.5. The quantitative estimate of drug-likeness (QED) is 0.357. The lowest BCUT2D eigenvalue weighted by Gasteiger charge is -2.47. The molecule has 7 nitrogen and oxygen atoms in total. The molecule has 1 aliphatic heterocycles.